The highest BCUT2D eigenvalue weighted by Gasteiger charge is 2.47. The Hall–Kier alpha value is -1.92. The molecular weight excluding hydrogens is 305 g/mol. The Morgan fingerprint density at radius 1 is 0.750 bits per heavy atom. The minimum atomic E-state index is -5.86. The van der Waals surface area contributed by atoms with E-state index in [1.165, 1.54) is 0 Å². The van der Waals surface area contributed by atoms with Gasteiger partial charge in [0.2, 0.25) is 0 Å². The summed E-state index contributed by atoms with van der Waals surface area (Å²) in [4.78, 5) is 0. The fraction of sp³-hybridized carbons (Fsp3) is 0.300. The van der Waals surface area contributed by atoms with Crippen LogP contribution < -0.4 is 0 Å². The van der Waals surface area contributed by atoms with E-state index in [0.29, 0.717) is 0 Å². The molecule has 0 N–H and O–H groups in total. The first-order valence-electron chi connectivity index (χ1n) is 4.63. The summed E-state index contributed by atoms with van der Waals surface area (Å²) in [7, 11) is 0. The molecule has 0 heterocycles. The molecule has 1 aromatic carbocycles. The minimum absolute atomic E-state index is 0.995. The standard InChI is InChI=1S/C10H2F9N/c11-6-3(1-2-20)4(9(14,15)16)7(12)5(8(6)13)10(17,18)19/h1H2. The van der Waals surface area contributed by atoms with E-state index in [9.17, 15) is 39.5 Å². The van der Waals surface area contributed by atoms with Crippen LogP contribution in [0.3, 0.4) is 0 Å². The van der Waals surface area contributed by atoms with Crippen LogP contribution in [0.15, 0.2) is 0 Å². The molecule has 0 aliphatic rings. The van der Waals surface area contributed by atoms with Crippen LogP contribution >= 0.6 is 0 Å². The van der Waals surface area contributed by atoms with Gasteiger partial charge in [0.05, 0.1) is 18.1 Å². The maximum Gasteiger partial charge on any atom is 0.422 e. The SMILES string of the molecule is N#CCc1c(F)c(F)c(C(F)(F)F)c(F)c1C(F)(F)F. The molecule has 0 aromatic heterocycles. The number of nitrogens with zero attached hydrogens (tertiary/aromatic N) is 1. The molecule has 0 fully saturated rings. The summed E-state index contributed by atoms with van der Waals surface area (Å²) in [6.07, 6.45) is -13.0. The molecule has 0 atom stereocenters. The van der Waals surface area contributed by atoms with E-state index in [1.807, 2.05) is 0 Å². The molecule has 0 spiro atoms. The van der Waals surface area contributed by atoms with E-state index >= 15 is 0 Å². The van der Waals surface area contributed by atoms with Crippen molar-refractivity contribution in [2.45, 2.75) is 18.8 Å². The minimum Gasteiger partial charge on any atom is -0.206 e. The molecule has 0 saturated heterocycles. The van der Waals surface area contributed by atoms with Crippen molar-refractivity contribution in [3.05, 3.63) is 34.1 Å². The van der Waals surface area contributed by atoms with Crippen LogP contribution in [0.5, 0.6) is 0 Å². The van der Waals surface area contributed by atoms with Crippen molar-refractivity contribution >= 4 is 0 Å². The van der Waals surface area contributed by atoms with E-state index in [-0.39, 0.29) is 0 Å². The number of halogens is 9. The highest BCUT2D eigenvalue weighted by atomic mass is 19.4. The molecule has 1 aromatic rings. The predicted molar refractivity (Wildman–Crippen MR) is 45.6 cm³/mol. The number of rotatable bonds is 1. The summed E-state index contributed by atoms with van der Waals surface area (Å²) in [5, 5.41) is 8.19. The van der Waals surface area contributed by atoms with Crippen LogP contribution in [0.2, 0.25) is 0 Å². The molecule has 0 aliphatic heterocycles. The van der Waals surface area contributed by atoms with Crippen LogP contribution in [0.4, 0.5) is 39.5 Å². The molecule has 0 bridgehead atoms. The van der Waals surface area contributed by atoms with Gasteiger partial charge in [-0.25, -0.2) is 13.2 Å². The predicted octanol–water partition coefficient (Wildman–Crippen LogP) is 4.21. The molecule has 0 unspecified atom stereocenters. The largest absolute Gasteiger partial charge is 0.422 e. The van der Waals surface area contributed by atoms with E-state index in [2.05, 4.69) is 0 Å². The summed E-state index contributed by atoms with van der Waals surface area (Å²) in [6, 6.07) is 0.995. The van der Waals surface area contributed by atoms with Crippen molar-refractivity contribution in [3.8, 4) is 6.07 Å². The van der Waals surface area contributed by atoms with Crippen LogP contribution in [0.1, 0.15) is 16.7 Å². The summed E-state index contributed by atoms with van der Waals surface area (Å²) >= 11 is 0. The summed E-state index contributed by atoms with van der Waals surface area (Å²) < 4.78 is 114. The average molecular weight is 307 g/mol. The second-order valence-electron chi connectivity index (χ2n) is 3.50. The fourth-order valence-electron chi connectivity index (χ4n) is 1.50. The van der Waals surface area contributed by atoms with Crippen molar-refractivity contribution in [1.29, 1.82) is 5.26 Å². The Kier molecular flexibility index (Phi) is 3.94. The molecule has 0 saturated carbocycles. The Labute approximate surface area is 105 Å². The van der Waals surface area contributed by atoms with Crippen molar-refractivity contribution in [2.24, 2.45) is 0 Å². The first kappa shape index (κ1) is 16.1. The Morgan fingerprint density at radius 3 is 1.55 bits per heavy atom. The van der Waals surface area contributed by atoms with E-state index < -0.39 is 52.9 Å². The smallest absolute Gasteiger partial charge is 0.206 e. The lowest BCUT2D eigenvalue weighted by atomic mass is 9.98. The lowest BCUT2D eigenvalue weighted by molar-refractivity contribution is -0.150. The number of benzene rings is 1. The van der Waals surface area contributed by atoms with Gasteiger partial charge < -0.3 is 0 Å². The zero-order chi connectivity index (χ0) is 15.9. The lowest BCUT2D eigenvalue weighted by Gasteiger charge is -2.18. The number of alkyl halides is 6. The zero-order valence-corrected chi connectivity index (χ0v) is 9.06. The van der Waals surface area contributed by atoms with Gasteiger partial charge in [0.1, 0.15) is 5.56 Å². The highest BCUT2D eigenvalue weighted by molar-refractivity contribution is 5.41. The van der Waals surface area contributed by atoms with Gasteiger partial charge in [0, 0.05) is 5.56 Å². The molecule has 1 rings (SSSR count). The van der Waals surface area contributed by atoms with Gasteiger partial charge in [0.15, 0.2) is 17.5 Å². The van der Waals surface area contributed by atoms with E-state index in [1.54, 1.807) is 0 Å². The average Bonchev–Trinajstić information content (AvgIpc) is 2.22. The molecule has 0 radical (unpaired) electrons. The summed E-state index contributed by atoms with van der Waals surface area (Å²) in [6.45, 7) is 0. The van der Waals surface area contributed by atoms with Crippen molar-refractivity contribution < 1.29 is 39.5 Å². The maximum absolute atomic E-state index is 13.3. The second-order valence-corrected chi connectivity index (χ2v) is 3.50. The number of nitriles is 1. The number of hydrogen-bond donors (Lipinski definition) is 0. The first-order chi connectivity index (χ1) is 8.92. The van der Waals surface area contributed by atoms with Crippen molar-refractivity contribution in [2.75, 3.05) is 0 Å². The third-order valence-electron chi connectivity index (χ3n) is 2.24. The zero-order valence-electron chi connectivity index (χ0n) is 9.06. The highest BCUT2D eigenvalue weighted by Crippen LogP contribution is 2.43. The molecule has 0 amide bonds. The summed E-state index contributed by atoms with van der Waals surface area (Å²) in [5.41, 5.74) is -7.42. The van der Waals surface area contributed by atoms with E-state index in [4.69, 9.17) is 5.26 Å². The van der Waals surface area contributed by atoms with E-state index in [0.717, 1.165) is 6.07 Å². The molecule has 10 heteroatoms. The Balaban J connectivity index is 3.91. The molecular formula is C10H2F9N. The van der Waals surface area contributed by atoms with Crippen LogP contribution in [0.25, 0.3) is 0 Å². The normalized spacial score (nSPS) is 12.4. The molecule has 0 aliphatic carbocycles. The van der Waals surface area contributed by atoms with Gasteiger partial charge in [-0.1, -0.05) is 0 Å². The van der Waals surface area contributed by atoms with Crippen molar-refractivity contribution in [1.82, 2.24) is 0 Å². The quantitative estimate of drug-likeness (QED) is 0.563. The van der Waals surface area contributed by atoms with Gasteiger partial charge in [0.25, 0.3) is 0 Å². The fourth-order valence-corrected chi connectivity index (χ4v) is 1.50. The molecule has 20 heavy (non-hydrogen) atoms. The van der Waals surface area contributed by atoms with Crippen molar-refractivity contribution in [3.63, 3.8) is 0 Å². The van der Waals surface area contributed by atoms with Crippen LogP contribution in [-0.4, -0.2) is 0 Å². The van der Waals surface area contributed by atoms with Gasteiger partial charge in [-0.15, -0.1) is 0 Å². The molecule has 110 valence electrons. The Bertz CT molecular complexity index is 577. The molecule has 1 nitrogen and oxygen atoms in total. The van der Waals surface area contributed by atoms with Gasteiger partial charge in [-0.05, 0) is 0 Å². The second kappa shape index (κ2) is 4.88. The van der Waals surface area contributed by atoms with Gasteiger partial charge in [-0.2, -0.15) is 31.6 Å². The third-order valence-corrected chi connectivity index (χ3v) is 2.24. The van der Waals surface area contributed by atoms with Gasteiger partial charge >= 0.3 is 12.4 Å². The summed E-state index contributed by atoms with van der Waals surface area (Å²) in [5.74, 6) is -8.35. The van der Waals surface area contributed by atoms with Crippen LogP contribution in [-0.2, 0) is 18.8 Å². The Morgan fingerprint density at radius 2 is 1.20 bits per heavy atom. The maximum atomic E-state index is 13.3. The van der Waals surface area contributed by atoms with Gasteiger partial charge in [-0.3, -0.25) is 0 Å². The lowest BCUT2D eigenvalue weighted by Crippen LogP contribution is -2.22. The topological polar surface area (TPSA) is 23.8 Å². The number of hydrogen-bond acceptors (Lipinski definition) is 1. The first-order valence-corrected chi connectivity index (χ1v) is 4.63. The monoisotopic (exact) mass is 307 g/mol. The van der Waals surface area contributed by atoms with Crippen LogP contribution in [0, 0.1) is 28.8 Å². The third kappa shape index (κ3) is 2.66.